The standard InChI is InChI=1S/C15H11BrF2N2/c16-13-7-6-11(9-19)14(8-13)20-10-15(17,18)12-4-2-1-3-5-12/h1-8,20H,10H2. The summed E-state index contributed by atoms with van der Waals surface area (Å²) >= 11 is 3.25. The lowest BCUT2D eigenvalue weighted by Gasteiger charge is -2.18. The van der Waals surface area contributed by atoms with E-state index in [1.54, 1.807) is 36.4 Å². The molecule has 2 aromatic carbocycles. The molecule has 0 aliphatic carbocycles. The van der Waals surface area contributed by atoms with Crippen molar-refractivity contribution in [3.8, 4) is 6.07 Å². The Hall–Kier alpha value is -1.93. The molecular formula is C15H11BrF2N2. The number of anilines is 1. The molecule has 0 atom stereocenters. The number of nitrogens with zero attached hydrogens (tertiary/aromatic N) is 1. The number of nitriles is 1. The molecule has 0 aliphatic rings. The van der Waals surface area contributed by atoms with E-state index >= 15 is 0 Å². The van der Waals surface area contributed by atoms with E-state index in [1.165, 1.54) is 12.1 Å². The summed E-state index contributed by atoms with van der Waals surface area (Å²) in [5.74, 6) is -3.00. The van der Waals surface area contributed by atoms with Gasteiger partial charge in [0.25, 0.3) is 5.92 Å². The van der Waals surface area contributed by atoms with Crippen LogP contribution in [0.2, 0.25) is 0 Å². The van der Waals surface area contributed by atoms with Crippen LogP contribution in [0.1, 0.15) is 11.1 Å². The summed E-state index contributed by atoms with van der Waals surface area (Å²) in [6.45, 7) is -0.567. The summed E-state index contributed by atoms with van der Waals surface area (Å²) in [5.41, 5.74) is 0.663. The van der Waals surface area contributed by atoms with Gasteiger partial charge in [-0.05, 0) is 18.2 Å². The zero-order valence-electron chi connectivity index (χ0n) is 10.4. The molecule has 0 saturated heterocycles. The SMILES string of the molecule is N#Cc1ccc(Br)cc1NCC(F)(F)c1ccccc1. The molecule has 2 nitrogen and oxygen atoms in total. The highest BCUT2D eigenvalue weighted by Crippen LogP contribution is 2.29. The first kappa shape index (κ1) is 14.5. The summed E-state index contributed by atoms with van der Waals surface area (Å²) in [4.78, 5) is 0. The van der Waals surface area contributed by atoms with Crippen LogP contribution in [0, 0.1) is 11.3 Å². The van der Waals surface area contributed by atoms with Crippen LogP contribution in [0.4, 0.5) is 14.5 Å². The Labute approximate surface area is 124 Å². The van der Waals surface area contributed by atoms with Crippen LogP contribution in [0.15, 0.2) is 53.0 Å². The minimum Gasteiger partial charge on any atom is -0.378 e. The molecule has 0 aromatic heterocycles. The number of benzene rings is 2. The van der Waals surface area contributed by atoms with E-state index in [-0.39, 0.29) is 5.56 Å². The van der Waals surface area contributed by atoms with E-state index in [2.05, 4.69) is 21.2 Å². The molecule has 0 unspecified atom stereocenters. The van der Waals surface area contributed by atoms with Crippen LogP contribution in [-0.4, -0.2) is 6.54 Å². The molecule has 20 heavy (non-hydrogen) atoms. The summed E-state index contributed by atoms with van der Waals surface area (Å²) in [6.07, 6.45) is 0. The first-order valence-electron chi connectivity index (χ1n) is 5.90. The quantitative estimate of drug-likeness (QED) is 0.890. The molecule has 1 N–H and O–H groups in total. The van der Waals surface area contributed by atoms with Crippen LogP contribution in [-0.2, 0) is 5.92 Å². The maximum atomic E-state index is 14.0. The van der Waals surface area contributed by atoms with E-state index in [1.807, 2.05) is 6.07 Å². The number of halogens is 3. The Morgan fingerprint density at radius 3 is 2.50 bits per heavy atom. The van der Waals surface area contributed by atoms with Crippen LogP contribution < -0.4 is 5.32 Å². The second kappa shape index (κ2) is 6.02. The highest BCUT2D eigenvalue weighted by atomic mass is 79.9. The third-order valence-electron chi connectivity index (χ3n) is 2.80. The van der Waals surface area contributed by atoms with Crippen LogP contribution >= 0.6 is 15.9 Å². The monoisotopic (exact) mass is 336 g/mol. The Balaban J connectivity index is 2.17. The van der Waals surface area contributed by atoms with Crippen molar-refractivity contribution in [1.29, 1.82) is 5.26 Å². The van der Waals surface area contributed by atoms with E-state index < -0.39 is 12.5 Å². The zero-order chi connectivity index (χ0) is 14.6. The maximum Gasteiger partial charge on any atom is 0.290 e. The van der Waals surface area contributed by atoms with Gasteiger partial charge >= 0.3 is 0 Å². The number of hydrogen-bond donors (Lipinski definition) is 1. The van der Waals surface area contributed by atoms with Crippen molar-refractivity contribution >= 4 is 21.6 Å². The lowest BCUT2D eigenvalue weighted by Crippen LogP contribution is -2.24. The van der Waals surface area contributed by atoms with Gasteiger partial charge in [-0.3, -0.25) is 0 Å². The van der Waals surface area contributed by atoms with Crippen molar-refractivity contribution in [2.75, 3.05) is 11.9 Å². The summed E-state index contributed by atoms with van der Waals surface area (Å²) in [6, 6.07) is 14.5. The van der Waals surface area contributed by atoms with Gasteiger partial charge in [-0.15, -0.1) is 0 Å². The molecular weight excluding hydrogens is 326 g/mol. The Morgan fingerprint density at radius 1 is 1.15 bits per heavy atom. The smallest absolute Gasteiger partial charge is 0.290 e. The largest absolute Gasteiger partial charge is 0.378 e. The minimum atomic E-state index is -3.00. The van der Waals surface area contributed by atoms with Gasteiger partial charge in [0.1, 0.15) is 6.07 Å². The van der Waals surface area contributed by atoms with Gasteiger partial charge in [0.15, 0.2) is 0 Å². The Kier molecular flexibility index (Phi) is 4.35. The predicted octanol–water partition coefficient (Wildman–Crippen LogP) is 4.52. The van der Waals surface area contributed by atoms with Crippen LogP contribution in [0.3, 0.4) is 0 Å². The van der Waals surface area contributed by atoms with E-state index in [0.29, 0.717) is 11.3 Å². The number of rotatable bonds is 4. The molecule has 0 fully saturated rings. The maximum absolute atomic E-state index is 14.0. The normalized spacial score (nSPS) is 10.9. The summed E-state index contributed by atoms with van der Waals surface area (Å²) in [5, 5.41) is 11.6. The van der Waals surface area contributed by atoms with Crippen molar-refractivity contribution in [3.63, 3.8) is 0 Å². The minimum absolute atomic E-state index is 0.0546. The van der Waals surface area contributed by atoms with Gasteiger partial charge in [0, 0.05) is 10.0 Å². The number of nitrogens with one attached hydrogen (secondary N) is 1. The molecule has 0 bridgehead atoms. The van der Waals surface area contributed by atoms with Gasteiger partial charge in [0.05, 0.1) is 17.8 Å². The summed E-state index contributed by atoms with van der Waals surface area (Å²) in [7, 11) is 0. The third kappa shape index (κ3) is 3.34. The second-order valence-corrected chi connectivity index (χ2v) is 5.14. The fourth-order valence-electron chi connectivity index (χ4n) is 1.75. The molecule has 0 amide bonds. The zero-order valence-corrected chi connectivity index (χ0v) is 12.0. The second-order valence-electron chi connectivity index (χ2n) is 4.23. The highest BCUT2D eigenvalue weighted by Gasteiger charge is 2.31. The number of hydrogen-bond acceptors (Lipinski definition) is 2. The lowest BCUT2D eigenvalue weighted by atomic mass is 10.1. The van der Waals surface area contributed by atoms with E-state index in [9.17, 15) is 8.78 Å². The van der Waals surface area contributed by atoms with E-state index in [0.717, 1.165) is 4.47 Å². The average Bonchev–Trinajstić information content (AvgIpc) is 2.46. The van der Waals surface area contributed by atoms with Gasteiger partial charge in [0.2, 0.25) is 0 Å². The molecule has 0 aliphatic heterocycles. The molecule has 102 valence electrons. The third-order valence-corrected chi connectivity index (χ3v) is 3.29. The molecule has 2 rings (SSSR count). The number of alkyl halides is 2. The van der Waals surface area contributed by atoms with Crippen LogP contribution in [0.25, 0.3) is 0 Å². The Bertz CT molecular complexity index is 636. The van der Waals surface area contributed by atoms with Gasteiger partial charge < -0.3 is 5.32 Å². The van der Waals surface area contributed by atoms with Crippen LogP contribution in [0.5, 0.6) is 0 Å². The van der Waals surface area contributed by atoms with E-state index in [4.69, 9.17) is 5.26 Å². The fraction of sp³-hybridized carbons (Fsp3) is 0.133. The topological polar surface area (TPSA) is 35.8 Å². The van der Waals surface area contributed by atoms with Crippen molar-refractivity contribution in [2.45, 2.75) is 5.92 Å². The highest BCUT2D eigenvalue weighted by molar-refractivity contribution is 9.10. The average molecular weight is 337 g/mol. The predicted molar refractivity (Wildman–Crippen MR) is 77.7 cm³/mol. The molecule has 2 aromatic rings. The molecule has 5 heteroatoms. The first-order chi connectivity index (χ1) is 9.53. The Morgan fingerprint density at radius 2 is 1.85 bits per heavy atom. The van der Waals surface area contributed by atoms with Crippen molar-refractivity contribution in [2.24, 2.45) is 0 Å². The van der Waals surface area contributed by atoms with Gasteiger partial charge in [-0.1, -0.05) is 46.3 Å². The van der Waals surface area contributed by atoms with Crippen molar-refractivity contribution in [1.82, 2.24) is 0 Å². The van der Waals surface area contributed by atoms with Gasteiger partial charge in [-0.25, -0.2) is 0 Å². The molecule has 0 radical (unpaired) electrons. The van der Waals surface area contributed by atoms with Crippen molar-refractivity contribution < 1.29 is 8.78 Å². The first-order valence-corrected chi connectivity index (χ1v) is 6.69. The van der Waals surface area contributed by atoms with Crippen molar-refractivity contribution in [3.05, 3.63) is 64.1 Å². The summed E-state index contributed by atoms with van der Waals surface area (Å²) < 4.78 is 28.8. The molecule has 0 spiro atoms. The fourth-order valence-corrected chi connectivity index (χ4v) is 2.11. The molecule has 0 heterocycles. The van der Waals surface area contributed by atoms with Gasteiger partial charge in [-0.2, -0.15) is 14.0 Å². The molecule has 0 saturated carbocycles. The lowest BCUT2D eigenvalue weighted by molar-refractivity contribution is 0.0106.